The predicted octanol–water partition coefficient (Wildman–Crippen LogP) is 3.66. The van der Waals surface area contributed by atoms with Crippen LogP contribution in [0.2, 0.25) is 0 Å². The van der Waals surface area contributed by atoms with Crippen molar-refractivity contribution in [1.82, 2.24) is 20.4 Å². The number of aromatic nitrogens is 2. The van der Waals surface area contributed by atoms with Crippen molar-refractivity contribution in [2.24, 2.45) is 0 Å². The summed E-state index contributed by atoms with van der Waals surface area (Å²) in [5, 5.41) is 14.2. The van der Waals surface area contributed by atoms with Crippen LogP contribution in [0.5, 0.6) is 0 Å². The van der Waals surface area contributed by atoms with Crippen LogP contribution in [-0.4, -0.2) is 58.8 Å². The highest BCUT2D eigenvalue weighted by Gasteiger charge is 2.25. The van der Waals surface area contributed by atoms with Gasteiger partial charge in [0.25, 0.3) is 5.91 Å². The van der Waals surface area contributed by atoms with E-state index in [1.807, 2.05) is 53.4 Å². The number of thioether (sulfide) groups is 1. The van der Waals surface area contributed by atoms with Gasteiger partial charge in [0.05, 0.1) is 18.6 Å². The Bertz CT molecular complexity index is 1280. The number of anilines is 1. The van der Waals surface area contributed by atoms with Gasteiger partial charge < -0.3 is 19.5 Å². The first-order valence-electron chi connectivity index (χ1n) is 10.9. The summed E-state index contributed by atoms with van der Waals surface area (Å²) < 4.78 is 5.96. The molecular weight excluding hydrogens is 470 g/mol. The number of carbonyl (C=O) groups is 2. The van der Waals surface area contributed by atoms with Crippen LogP contribution in [0.1, 0.15) is 16.1 Å². The number of amides is 2. The molecule has 0 atom stereocenters. The van der Waals surface area contributed by atoms with Crippen molar-refractivity contribution in [1.29, 1.82) is 0 Å². The molecule has 2 aromatic carbocycles. The van der Waals surface area contributed by atoms with Crippen LogP contribution < -0.4 is 10.2 Å². The molecule has 1 N–H and O–H groups in total. The van der Waals surface area contributed by atoms with Gasteiger partial charge in [0.2, 0.25) is 11.0 Å². The fraction of sp³-hybridized carbons (Fsp3) is 0.250. The highest BCUT2D eigenvalue weighted by atomic mass is 32.2. The van der Waals surface area contributed by atoms with Gasteiger partial charge in [-0.05, 0) is 29.0 Å². The topological polar surface area (TPSA) is 91.6 Å². The van der Waals surface area contributed by atoms with E-state index in [0.29, 0.717) is 32.7 Å². The van der Waals surface area contributed by atoms with Crippen molar-refractivity contribution in [3.05, 3.63) is 72.2 Å². The summed E-state index contributed by atoms with van der Waals surface area (Å²) in [4.78, 5) is 29.3. The average Bonchev–Trinajstić information content (AvgIpc) is 3.58. The van der Waals surface area contributed by atoms with Crippen molar-refractivity contribution in [3.8, 4) is 0 Å². The van der Waals surface area contributed by atoms with Crippen LogP contribution in [0.4, 0.5) is 5.13 Å². The molecule has 2 amide bonds. The molecule has 4 aromatic rings. The van der Waals surface area contributed by atoms with Gasteiger partial charge >= 0.3 is 0 Å². The first-order valence-corrected chi connectivity index (χ1v) is 12.7. The summed E-state index contributed by atoms with van der Waals surface area (Å²) >= 11 is 2.84. The van der Waals surface area contributed by atoms with E-state index in [-0.39, 0.29) is 17.6 Å². The van der Waals surface area contributed by atoms with Gasteiger partial charge in [-0.25, -0.2) is 0 Å². The number of fused-ring (bicyclic) bond motifs is 1. The smallest absolute Gasteiger partial charge is 0.254 e. The van der Waals surface area contributed by atoms with Crippen molar-refractivity contribution in [3.63, 3.8) is 0 Å². The SMILES string of the molecule is O=C(CSc1nnc(N2CCN(C(=O)c3cccc4ccccc34)CC2)s1)NCc1ccco1. The molecule has 10 heteroatoms. The number of nitrogens with one attached hydrogen (secondary N) is 1. The van der Waals surface area contributed by atoms with Crippen LogP contribution in [0.25, 0.3) is 10.8 Å². The first kappa shape index (κ1) is 22.4. The lowest BCUT2D eigenvalue weighted by atomic mass is 10.0. The number of nitrogens with zero attached hydrogens (tertiary/aromatic N) is 4. The average molecular weight is 494 g/mol. The number of rotatable bonds is 7. The molecule has 1 fully saturated rings. The van der Waals surface area contributed by atoms with Crippen molar-refractivity contribution >= 4 is 50.8 Å². The largest absolute Gasteiger partial charge is 0.467 e. The van der Waals surface area contributed by atoms with Gasteiger partial charge in [0.1, 0.15) is 5.76 Å². The second kappa shape index (κ2) is 10.3. The number of carbonyl (C=O) groups excluding carboxylic acids is 2. The number of piperazine rings is 1. The zero-order chi connectivity index (χ0) is 23.3. The second-order valence-corrected chi connectivity index (χ2v) is 9.98. The lowest BCUT2D eigenvalue weighted by molar-refractivity contribution is -0.118. The van der Waals surface area contributed by atoms with E-state index < -0.39 is 0 Å². The fourth-order valence-electron chi connectivity index (χ4n) is 3.85. The summed E-state index contributed by atoms with van der Waals surface area (Å²) in [7, 11) is 0. The maximum atomic E-state index is 13.2. The number of hydrogen-bond acceptors (Lipinski definition) is 8. The Balaban J connectivity index is 1.13. The van der Waals surface area contributed by atoms with Gasteiger partial charge in [0.15, 0.2) is 4.34 Å². The zero-order valence-electron chi connectivity index (χ0n) is 18.3. The van der Waals surface area contributed by atoms with Crippen molar-refractivity contribution in [2.75, 3.05) is 36.8 Å². The van der Waals surface area contributed by atoms with Gasteiger partial charge in [-0.3, -0.25) is 9.59 Å². The molecule has 0 aliphatic carbocycles. The predicted molar refractivity (Wildman–Crippen MR) is 133 cm³/mol. The van der Waals surface area contributed by atoms with Crippen LogP contribution >= 0.6 is 23.1 Å². The molecule has 0 radical (unpaired) electrons. The van der Waals surface area contributed by atoms with Crippen LogP contribution in [0, 0.1) is 0 Å². The molecule has 34 heavy (non-hydrogen) atoms. The molecule has 0 unspecified atom stereocenters. The van der Waals surface area contributed by atoms with E-state index >= 15 is 0 Å². The lowest BCUT2D eigenvalue weighted by Gasteiger charge is -2.34. The molecule has 8 nitrogen and oxygen atoms in total. The molecule has 1 aliphatic rings. The molecule has 0 bridgehead atoms. The molecular formula is C24H23N5O3S2. The van der Waals surface area contributed by atoms with Crippen molar-refractivity contribution < 1.29 is 14.0 Å². The van der Waals surface area contributed by atoms with E-state index in [2.05, 4.69) is 20.4 Å². The van der Waals surface area contributed by atoms with E-state index in [9.17, 15) is 9.59 Å². The van der Waals surface area contributed by atoms with E-state index in [4.69, 9.17) is 4.42 Å². The molecule has 5 rings (SSSR count). The molecule has 2 aromatic heterocycles. The fourth-order valence-corrected chi connectivity index (χ4v) is 5.57. The number of hydrogen-bond donors (Lipinski definition) is 1. The molecule has 1 aliphatic heterocycles. The quantitative estimate of drug-likeness (QED) is 0.393. The highest BCUT2D eigenvalue weighted by molar-refractivity contribution is 8.01. The Kier molecular flexibility index (Phi) is 6.77. The maximum absolute atomic E-state index is 13.2. The van der Waals surface area contributed by atoms with E-state index in [1.165, 1.54) is 23.1 Å². The van der Waals surface area contributed by atoms with Gasteiger partial charge in [-0.2, -0.15) is 0 Å². The summed E-state index contributed by atoms with van der Waals surface area (Å²) in [6.45, 7) is 3.01. The van der Waals surface area contributed by atoms with Gasteiger partial charge in [-0.1, -0.05) is 59.5 Å². The van der Waals surface area contributed by atoms with E-state index in [0.717, 1.165) is 31.6 Å². The third-order valence-electron chi connectivity index (χ3n) is 5.62. The summed E-state index contributed by atoms with van der Waals surface area (Å²) in [5.74, 6) is 0.960. The Morgan fingerprint density at radius 3 is 2.65 bits per heavy atom. The normalized spacial score (nSPS) is 13.9. The number of benzene rings is 2. The number of furan rings is 1. The van der Waals surface area contributed by atoms with E-state index in [1.54, 1.807) is 12.3 Å². The molecule has 0 saturated carbocycles. The Morgan fingerprint density at radius 2 is 1.82 bits per heavy atom. The first-order chi connectivity index (χ1) is 16.7. The lowest BCUT2D eigenvalue weighted by Crippen LogP contribution is -2.48. The third-order valence-corrected chi connectivity index (χ3v) is 7.74. The summed E-state index contributed by atoms with van der Waals surface area (Å²) in [6, 6.07) is 17.4. The monoisotopic (exact) mass is 493 g/mol. The molecule has 174 valence electrons. The Morgan fingerprint density at radius 1 is 1.00 bits per heavy atom. The Labute approximate surface area is 204 Å². The standard InChI is InChI=1S/C24H23N5O3S2/c30-21(25-15-18-7-4-14-32-18)16-33-24-27-26-23(34-24)29-12-10-28(11-13-29)22(31)20-9-3-6-17-5-1-2-8-19(17)20/h1-9,14H,10-13,15-16H2,(H,25,30). The molecule has 1 saturated heterocycles. The van der Waals surface area contributed by atoms with Gasteiger partial charge in [-0.15, -0.1) is 10.2 Å². The maximum Gasteiger partial charge on any atom is 0.254 e. The Hall–Kier alpha value is -3.37. The van der Waals surface area contributed by atoms with Gasteiger partial charge in [0, 0.05) is 31.7 Å². The van der Waals surface area contributed by atoms with Crippen LogP contribution in [0.3, 0.4) is 0 Å². The third kappa shape index (κ3) is 5.07. The minimum absolute atomic E-state index is 0.0607. The molecule has 0 spiro atoms. The molecule has 3 heterocycles. The zero-order valence-corrected chi connectivity index (χ0v) is 20.0. The van der Waals surface area contributed by atoms with Crippen molar-refractivity contribution in [2.45, 2.75) is 10.9 Å². The van der Waals surface area contributed by atoms with Crippen LogP contribution in [-0.2, 0) is 11.3 Å². The highest BCUT2D eigenvalue weighted by Crippen LogP contribution is 2.29. The second-order valence-electron chi connectivity index (χ2n) is 7.80. The summed E-state index contributed by atoms with van der Waals surface area (Å²) in [6.07, 6.45) is 1.58. The minimum Gasteiger partial charge on any atom is -0.467 e. The van der Waals surface area contributed by atoms with Crippen LogP contribution in [0.15, 0.2) is 69.6 Å². The summed E-state index contributed by atoms with van der Waals surface area (Å²) in [5.41, 5.74) is 0.742. The minimum atomic E-state index is -0.0845.